The van der Waals surface area contributed by atoms with Gasteiger partial charge in [0.05, 0.1) is 25.9 Å². The lowest BCUT2D eigenvalue weighted by atomic mass is 9.89. The van der Waals surface area contributed by atoms with Crippen molar-refractivity contribution in [1.29, 1.82) is 0 Å². The summed E-state index contributed by atoms with van der Waals surface area (Å²) in [4.78, 5) is 2.40. The molecule has 2 aliphatic heterocycles. The van der Waals surface area contributed by atoms with E-state index in [2.05, 4.69) is 10.2 Å². The molecule has 0 aromatic carbocycles. The van der Waals surface area contributed by atoms with Crippen molar-refractivity contribution in [2.45, 2.75) is 37.8 Å². The van der Waals surface area contributed by atoms with Crippen LogP contribution in [0.4, 0.5) is 0 Å². The van der Waals surface area contributed by atoms with Crippen LogP contribution in [0.1, 0.15) is 25.7 Å². The Morgan fingerprint density at radius 3 is 2.95 bits per heavy atom. The summed E-state index contributed by atoms with van der Waals surface area (Å²) in [5.41, 5.74) is 0. The van der Waals surface area contributed by atoms with Crippen molar-refractivity contribution in [2.75, 3.05) is 53.1 Å². The van der Waals surface area contributed by atoms with Gasteiger partial charge in [0, 0.05) is 26.2 Å². The van der Waals surface area contributed by atoms with E-state index in [-0.39, 0.29) is 6.10 Å². The Hall–Kier alpha value is -0.200. The Labute approximate surface area is 122 Å². The molecule has 2 N–H and O–H groups in total. The van der Waals surface area contributed by atoms with Crippen LogP contribution in [-0.2, 0) is 9.47 Å². The second-order valence-corrected chi connectivity index (χ2v) is 6.09. The molecule has 5 heteroatoms. The second kappa shape index (κ2) is 8.95. The third-order valence-electron chi connectivity index (χ3n) is 4.42. The lowest BCUT2D eigenvalue weighted by Gasteiger charge is -2.36. The normalized spacial score (nSPS) is 29.7. The molecule has 0 aromatic heterocycles. The smallest absolute Gasteiger partial charge is 0.0900 e. The summed E-state index contributed by atoms with van der Waals surface area (Å²) in [5, 5.41) is 13.7. The summed E-state index contributed by atoms with van der Waals surface area (Å²) in [6.07, 6.45) is 4.83. The van der Waals surface area contributed by atoms with E-state index in [1.165, 1.54) is 32.2 Å². The standard InChI is InChI=1S/C15H30N2O3/c1-19-8-9-20-12-14(18)11-17-7-3-4-13(10-17)15-5-2-6-16-15/h13-16,18H,2-12H2,1H3. The molecule has 0 amide bonds. The zero-order valence-corrected chi connectivity index (χ0v) is 12.7. The third-order valence-corrected chi connectivity index (χ3v) is 4.42. The first-order valence-corrected chi connectivity index (χ1v) is 8.00. The summed E-state index contributed by atoms with van der Waals surface area (Å²) in [6, 6.07) is 0.702. The molecule has 2 aliphatic rings. The molecule has 20 heavy (non-hydrogen) atoms. The summed E-state index contributed by atoms with van der Waals surface area (Å²) in [6.45, 7) is 5.69. The predicted octanol–water partition coefficient (Wildman–Crippen LogP) is 0.474. The van der Waals surface area contributed by atoms with Crippen LogP contribution in [0.5, 0.6) is 0 Å². The molecule has 2 rings (SSSR count). The number of nitrogens with one attached hydrogen (secondary N) is 1. The minimum atomic E-state index is -0.387. The van der Waals surface area contributed by atoms with E-state index in [1.807, 2.05) is 0 Å². The lowest BCUT2D eigenvalue weighted by molar-refractivity contribution is -0.00685. The van der Waals surface area contributed by atoms with E-state index in [0.717, 1.165) is 25.6 Å². The van der Waals surface area contributed by atoms with Gasteiger partial charge in [0.2, 0.25) is 0 Å². The molecule has 5 nitrogen and oxygen atoms in total. The molecular weight excluding hydrogens is 256 g/mol. The van der Waals surface area contributed by atoms with Crippen LogP contribution < -0.4 is 5.32 Å². The number of ether oxygens (including phenoxy) is 2. The maximum Gasteiger partial charge on any atom is 0.0900 e. The molecule has 2 heterocycles. The summed E-state index contributed by atoms with van der Waals surface area (Å²) >= 11 is 0. The quantitative estimate of drug-likeness (QED) is 0.636. The predicted molar refractivity (Wildman–Crippen MR) is 78.9 cm³/mol. The van der Waals surface area contributed by atoms with Gasteiger partial charge in [-0.2, -0.15) is 0 Å². The highest BCUT2D eigenvalue weighted by atomic mass is 16.5. The van der Waals surface area contributed by atoms with E-state index in [1.54, 1.807) is 7.11 Å². The van der Waals surface area contributed by atoms with Crippen LogP contribution in [0.25, 0.3) is 0 Å². The number of piperidine rings is 1. The molecule has 0 spiro atoms. The Morgan fingerprint density at radius 1 is 1.30 bits per heavy atom. The van der Waals surface area contributed by atoms with Gasteiger partial charge in [-0.15, -0.1) is 0 Å². The van der Waals surface area contributed by atoms with Crippen molar-refractivity contribution >= 4 is 0 Å². The first-order valence-electron chi connectivity index (χ1n) is 8.00. The summed E-state index contributed by atoms with van der Waals surface area (Å²) in [7, 11) is 1.66. The summed E-state index contributed by atoms with van der Waals surface area (Å²) in [5.74, 6) is 0.757. The highest BCUT2D eigenvalue weighted by Gasteiger charge is 2.29. The maximum absolute atomic E-state index is 10.0. The second-order valence-electron chi connectivity index (χ2n) is 6.09. The van der Waals surface area contributed by atoms with Gasteiger partial charge >= 0.3 is 0 Å². The lowest BCUT2D eigenvalue weighted by Crippen LogP contribution is -2.46. The molecule has 0 saturated carbocycles. The van der Waals surface area contributed by atoms with E-state index < -0.39 is 0 Å². The minimum absolute atomic E-state index is 0.387. The van der Waals surface area contributed by atoms with E-state index in [9.17, 15) is 5.11 Å². The molecule has 2 fully saturated rings. The first-order chi connectivity index (χ1) is 9.79. The molecule has 0 aliphatic carbocycles. The van der Waals surface area contributed by atoms with Crippen molar-refractivity contribution in [2.24, 2.45) is 5.92 Å². The Kier molecular flexibility index (Phi) is 7.24. The number of aliphatic hydroxyl groups is 1. The fraction of sp³-hybridized carbons (Fsp3) is 1.00. The zero-order valence-electron chi connectivity index (χ0n) is 12.7. The third kappa shape index (κ3) is 5.30. The van der Waals surface area contributed by atoms with Crippen LogP contribution in [0.15, 0.2) is 0 Å². The topological polar surface area (TPSA) is 54.0 Å². The average molecular weight is 286 g/mol. The van der Waals surface area contributed by atoms with Gasteiger partial charge < -0.3 is 24.8 Å². The van der Waals surface area contributed by atoms with Crippen LogP contribution >= 0.6 is 0 Å². The number of hydrogen-bond donors (Lipinski definition) is 2. The van der Waals surface area contributed by atoms with Crippen LogP contribution in [0.3, 0.4) is 0 Å². The SMILES string of the molecule is COCCOCC(O)CN1CCCC(C2CCCN2)C1. The monoisotopic (exact) mass is 286 g/mol. The number of nitrogens with zero attached hydrogens (tertiary/aromatic N) is 1. The van der Waals surface area contributed by atoms with Gasteiger partial charge in [0.1, 0.15) is 0 Å². The van der Waals surface area contributed by atoms with Gasteiger partial charge in [-0.25, -0.2) is 0 Å². The number of aliphatic hydroxyl groups excluding tert-OH is 1. The Bertz CT molecular complexity index is 260. The molecular formula is C15H30N2O3. The largest absolute Gasteiger partial charge is 0.389 e. The van der Waals surface area contributed by atoms with Gasteiger partial charge in [-0.1, -0.05) is 0 Å². The molecule has 3 unspecified atom stereocenters. The van der Waals surface area contributed by atoms with Gasteiger partial charge in [-0.3, -0.25) is 0 Å². The van der Waals surface area contributed by atoms with Crippen LogP contribution in [-0.4, -0.2) is 75.3 Å². The average Bonchev–Trinajstić information content (AvgIpc) is 2.98. The highest BCUT2D eigenvalue weighted by molar-refractivity contribution is 4.86. The molecule has 118 valence electrons. The fourth-order valence-electron chi connectivity index (χ4n) is 3.41. The molecule has 3 atom stereocenters. The number of β-amino-alcohol motifs (C(OH)–C–C–N with tert-alkyl or cyclic N) is 1. The Balaban J connectivity index is 1.64. The molecule has 0 radical (unpaired) electrons. The van der Waals surface area contributed by atoms with Crippen LogP contribution in [0, 0.1) is 5.92 Å². The fourth-order valence-corrected chi connectivity index (χ4v) is 3.41. The van der Waals surface area contributed by atoms with E-state index >= 15 is 0 Å². The molecule has 0 aromatic rings. The summed E-state index contributed by atoms with van der Waals surface area (Å²) < 4.78 is 10.3. The first kappa shape index (κ1) is 16.2. The number of hydrogen-bond acceptors (Lipinski definition) is 5. The number of rotatable bonds is 8. The van der Waals surface area contributed by atoms with Crippen molar-refractivity contribution in [3.63, 3.8) is 0 Å². The number of likely N-dealkylation sites (tertiary alicyclic amines) is 1. The zero-order chi connectivity index (χ0) is 14.2. The Morgan fingerprint density at radius 2 is 2.20 bits per heavy atom. The van der Waals surface area contributed by atoms with Crippen molar-refractivity contribution < 1.29 is 14.6 Å². The van der Waals surface area contributed by atoms with Crippen LogP contribution in [0.2, 0.25) is 0 Å². The minimum Gasteiger partial charge on any atom is -0.389 e. The van der Waals surface area contributed by atoms with E-state index in [4.69, 9.17) is 9.47 Å². The number of methoxy groups -OCH3 is 1. The van der Waals surface area contributed by atoms with Gasteiger partial charge in [0.15, 0.2) is 0 Å². The highest BCUT2D eigenvalue weighted by Crippen LogP contribution is 2.24. The van der Waals surface area contributed by atoms with Crippen molar-refractivity contribution in [1.82, 2.24) is 10.2 Å². The maximum atomic E-state index is 10.0. The van der Waals surface area contributed by atoms with Crippen molar-refractivity contribution in [3.05, 3.63) is 0 Å². The molecule has 2 saturated heterocycles. The van der Waals surface area contributed by atoms with E-state index in [0.29, 0.717) is 25.9 Å². The molecule has 0 bridgehead atoms. The van der Waals surface area contributed by atoms with Crippen molar-refractivity contribution in [3.8, 4) is 0 Å². The van der Waals surface area contributed by atoms with Gasteiger partial charge in [-0.05, 0) is 44.7 Å². The van der Waals surface area contributed by atoms with Gasteiger partial charge in [0.25, 0.3) is 0 Å².